The average molecular weight is 481 g/mol. The van der Waals surface area contributed by atoms with Crippen LogP contribution in [-0.4, -0.2) is 31.4 Å². The van der Waals surface area contributed by atoms with E-state index in [2.05, 4.69) is 20.7 Å². The van der Waals surface area contributed by atoms with Crippen LogP contribution in [-0.2, 0) is 26.0 Å². The van der Waals surface area contributed by atoms with Crippen LogP contribution in [0, 0.1) is 0 Å². The van der Waals surface area contributed by atoms with Crippen LogP contribution in [0.3, 0.4) is 0 Å². The number of carboxylic acid groups (broad SMARTS) is 1. The van der Waals surface area contributed by atoms with Gasteiger partial charge in [0.05, 0.1) is 17.4 Å². The number of carboxylic acids is 1. The van der Waals surface area contributed by atoms with Gasteiger partial charge in [-0.2, -0.15) is 0 Å². The molecular weight excluding hydrogens is 460 g/mol. The molecule has 2 N–H and O–H groups in total. The average Bonchev–Trinajstić information content (AvgIpc) is 2.96. The van der Waals surface area contributed by atoms with Gasteiger partial charge in [-0.15, -0.1) is 0 Å². The number of aliphatic carboxylic acids is 1. The van der Waals surface area contributed by atoms with E-state index in [-0.39, 0.29) is 23.3 Å². The molecule has 0 saturated heterocycles. The quantitative estimate of drug-likeness (QED) is 0.660. The van der Waals surface area contributed by atoms with E-state index in [9.17, 15) is 23.1 Å². The van der Waals surface area contributed by atoms with Gasteiger partial charge in [0.15, 0.2) is 0 Å². The first-order valence-corrected chi connectivity index (χ1v) is 11.3. The maximum absolute atomic E-state index is 13.0. The van der Waals surface area contributed by atoms with Crippen LogP contribution in [0.15, 0.2) is 51.8 Å². The molecule has 1 amide bonds. The lowest BCUT2D eigenvalue weighted by Gasteiger charge is -2.21. The van der Waals surface area contributed by atoms with Crippen molar-refractivity contribution in [3.63, 3.8) is 0 Å². The first-order valence-electron chi connectivity index (χ1n) is 9.01. The Hall–Kier alpha value is -2.23. The van der Waals surface area contributed by atoms with Crippen LogP contribution in [0.25, 0.3) is 0 Å². The van der Waals surface area contributed by atoms with E-state index in [0.717, 1.165) is 10.0 Å². The Balaban J connectivity index is 1.91. The highest BCUT2D eigenvalue weighted by Gasteiger charge is 2.31. The Bertz CT molecular complexity index is 1050. The lowest BCUT2D eigenvalue weighted by molar-refractivity contribution is -0.137. The maximum Gasteiger partial charge on any atom is 0.305 e. The largest absolute Gasteiger partial charge is 0.481 e. The molecule has 29 heavy (non-hydrogen) atoms. The van der Waals surface area contributed by atoms with Crippen LogP contribution in [0.2, 0.25) is 0 Å². The highest BCUT2D eigenvalue weighted by Crippen LogP contribution is 2.34. The molecule has 1 heterocycles. The Morgan fingerprint density at radius 1 is 1.24 bits per heavy atom. The minimum atomic E-state index is -3.97. The molecule has 0 aliphatic carbocycles. The van der Waals surface area contributed by atoms with Gasteiger partial charge in [-0.3, -0.25) is 9.59 Å². The molecule has 7 nitrogen and oxygen atoms in total. The molecule has 0 unspecified atom stereocenters. The lowest BCUT2D eigenvalue weighted by Crippen LogP contribution is -2.33. The number of amides is 1. The summed E-state index contributed by atoms with van der Waals surface area (Å²) in [6.07, 6.45) is 0.171. The van der Waals surface area contributed by atoms with Crippen molar-refractivity contribution in [2.24, 2.45) is 0 Å². The van der Waals surface area contributed by atoms with E-state index < -0.39 is 22.0 Å². The van der Waals surface area contributed by atoms with Crippen LogP contribution < -0.4 is 9.62 Å². The number of nitrogens with zero attached hydrogens (tertiary/aromatic N) is 1. The minimum absolute atomic E-state index is 0.0429. The normalized spacial score (nSPS) is 17.1. The summed E-state index contributed by atoms with van der Waals surface area (Å²) in [7, 11) is -3.97. The van der Waals surface area contributed by atoms with Crippen molar-refractivity contribution in [3.8, 4) is 0 Å². The van der Waals surface area contributed by atoms with Gasteiger partial charge in [0.2, 0.25) is 15.9 Å². The molecule has 9 heteroatoms. The molecule has 0 fully saturated rings. The van der Waals surface area contributed by atoms with Crippen LogP contribution in [0.5, 0.6) is 0 Å². The van der Waals surface area contributed by atoms with Gasteiger partial charge in [-0.05, 0) is 54.8 Å². The summed E-state index contributed by atoms with van der Waals surface area (Å²) < 4.78 is 29.2. The van der Waals surface area contributed by atoms with Crippen molar-refractivity contribution in [3.05, 3.63) is 58.1 Å². The molecule has 1 aliphatic heterocycles. The van der Waals surface area contributed by atoms with Gasteiger partial charge in [0.1, 0.15) is 0 Å². The molecular formula is C20H21BrN2O5S. The molecule has 0 radical (unpaired) electrons. The van der Waals surface area contributed by atoms with Gasteiger partial charge in [-0.25, -0.2) is 13.1 Å². The molecule has 2 aromatic carbocycles. The number of benzene rings is 2. The van der Waals surface area contributed by atoms with Gasteiger partial charge < -0.3 is 10.0 Å². The zero-order valence-electron chi connectivity index (χ0n) is 15.9. The van der Waals surface area contributed by atoms with E-state index in [1.54, 1.807) is 41.3 Å². The zero-order valence-corrected chi connectivity index (χ0v) is 18.3. The Morgan fingerprint density at radius 2 is 1.90 bits per heavy atom. The number of hydrogen-bond donors (Lipinski definition) is 2. The topological polar surface area (TPSA) is 104 Å². The highest BCUT2D eigenvalue weighted by atomic mass is 79.9. The number of nitrogens with one attached hydrogen (secondary N) is 1. The highest BCUT2D eigenvalue weighted by molar-refractivity contribution is 9.10. The molecule has 154 valence electrons. The second kappa shape index (κ2) is 8.25. The summed E-state index contributed by atoms with van der Waals surface area (Å²) in [5.74, 6) is -1.21. The lowest BCUT2D eigenvalue weighted by atomic mass is 10.1. The summed E-state index contributed by atoms with van der Waals surface area (Å²) in [6.45, 7) is 3.39. The molecule has 2 aromatic rings. The fourth-order valence-corrected chi connectivity index (χ4v) is 5.15. The van der Waals surface area contributed by atoms with E-state index in [1.807, 2.05) is 6.92 Å². The second-order valence-corrected chi connectivity index (χ2v) is 9.69. The fourth-order valence-electron chi connectivity index (χ4n) is 3.61. The molecule has 0 saturated carbocycles. The standard InChI is InChI=1S/C20H21BrN2O5S/c1-12-9-15-10-17(7-8-19(15)23(12)13(2)24)29(27,28)22-18(11-20(25)26)14-3-5-16(21)6-4-14/h3-8,10,12,18,22H,9,11H2,1-2H3,(H,25,26)/t12-,18+/m1/s1. The van der Waals surface area contributed by atoms with Crippen LogP contribution in [0.1, 0.15) is 37.4 Å². The van der Waals surface area contributed by atoms with Gasteiger partial charge in [-0.1, -0.05) is 28.1 Å². The Labute approximate surface area is 177 Å². The van der Waals surface area contributed by atoms with Crippen molar-refractivity contribution < 1.29 is 23.1 Å². The predicted octanol–water partition coefficient (Wildman–Crippen LogP) is 3.24. The van der Waals surface area contributed by atoms with Crippen LogP contribution >= 0.6 is 15.9 Å². The monoisotopic (exact) mass is 480 g/mol. The van der Waals surface area contributed by atoms with Crippen molar-refractivity contribution in [2.75, 3.05) is 4.90 Å². The molecule has 1 aliphatic rings. The predicted molar refractivity (Wildman–Crippen MR) is 112 cm³/mol. The Kier molecular flexibility index (Phi) is 6.11. The number of halogens is 1. The van der Waals surface area contributed by atoms with Crippen molar-refractivity contribution in [1.82, 2.24) is 4.72 Å². The van der Waals surface area contributed by atoms with Crippen molar-refractivity contribution >= 4 is 43.5 Å². The maximum atomic E-state index is 13.0. The third-order valence-electron chi connectivity index (χ3n) is 4.86. The third kappa shape index (κ3) is 4.68. The van der Waals surface area contributed by atoms with E-state index in [1.165, 1.54) is 13.0 Å². The van der Waals surface area contributed by atoms with Gasteiger partial charge in [0.25, 0.3) is 0 Å². The number of fused-ring (bicyclic) bond motifs is 1. The van der Waals surface area contributed by atoms with E-state index in [4.69, 9.17) is 0 Å². The summed E-state index contributed by atoms with van der Waals surface area (Å²) >= 11 is 3.31. The minimum Gasteiger partial charge on any atom is -0.481 e. The SMILES string of the molecule is CC(=O)N1c2ccc(S(=O)(=O)N[C@@H](CC(=O)O)c3ccc(Br)cc3)cc2C[C@H]1C. The first-order chi connectivity index (χ1) is 13.6. The van der Waals surface area contributed by atoms with E-state index in [0.29, 0.717) is 17.7 Å². The number of sulfonamides is 1. The fraction of sp³-hybridized carbons (Fsp3) is 0.300. The summed E-state index contributed by atoms with van der Waals surface area (Å²) in [5, 5.41) is 9.22. The van der Waals surface area contributed by atoms with E-state index >= 15 is 0 Å². The smallest absolute Gasteiger partial charge is 0.305 e. The summed E-state index contributed by atoms with van der Waals surface area (Å²) in [5.41, 5.74) is 2.03. The molecule has 2 atom stereocenters. The number of carbonyl (C=O) groups is 2. The number of rotatable bonds is 6. The molecule has 0 bridgehead atoms. The molecule has 0 spiro atoms. The van der Waals surface area contributed by atoms with Gasteiger partial charge >= 0.3 is 5.97 Å². The first kappa shape index (κ1) is 21.5. The van der Waals surface area contributed by atoms with Crippen molar-refractivity contribution in [2.45, 2.75) is 43.7 Å². The Morgan fingerprint density at radius 3 is 2.48 bits per heavy atom. The summed E-state index contributed by atoms with van der Waals surface area (Å²) in [6, 6.07) is 10.5. The number of carbonyl (C=O) groups excluding carboxylic acids is 1. The zero-order chi connectivity index (χ0) is 21.3. The second-order valence-electron chi connectivity index (χ2n) is 7.06. The van der Waals surface area contributed by atoms with Crippen molar-refractivity contribution in [1.29, 1.82) is 0 Å². The van der Waals surface area contributed by atoms with Crippen LogP contribution in [0.4, 0.5) is 5.69 Å². The number of anilines is 1. The molecule has 0 aromatic heterocycles. The number of hydrogen-bond acceptors (Lipinski definition) is 4. The third-order valence-corrected chi connectivity index (χ3v) is 6.86. The molecule has 3 rings (SSSR count). The summed E-state index contributed by atoms with van der Waals surface area (Å²) in [4.78, 5) is 24.8. The van der Waals surface area contributed by atoms with Gasteiger partial charge in [0, 0.05) is 23.1 Å².